The van der Waals surface area contributed by atoms with E-state index in [9.17, 15) is 18.0 Å². The third-order valence-corrected chi connectivity index (χ3v) is 9.29. The molecule has 12 heteroatoms. The average Bonchev–Trinajstić information content (AvgIpc) is 3.32. The molecule has 0 aliphatic carbocycles. The molecule has 2 aromatic carbocycles. The van der Waals surface area contributed by atoms with Crippen LogP contribution in [0.4, 0.5) is 5.82 Å². The van der Waals surface area contributed by atoms with Gasteiger partial charge in [-0.3, -0.25) is 19.2 Å². The summed E-state index contributed by atoms with van der Waals surface area (Å²) in [6, 6.07) is 14.2. The van der Waals surface area contributed by atoms with Crippen LogP contribution in [0.2, 0.25) is 10.0 Å². The number of sulfonamides is 1. The van der Waals surface area contributed by atoms with Gasteiger partial charge in [-0.25, -0.2) is 13.4 Å². The van der Waals surface area contributed by atoms with Crippen molar-refractivity contribution in [3.63, 3.8) is 0 Å². The quantitative estimate of drug-likeness (QED) is 0.296. The third kappa shape index (κ3) is 7.84. The van der Waals surface area contributed by atoms with Gasteiger partial charge in [0, 0.05) is 24.7 Å². The molecular formula is C29H33Cl2N5O4S. The van der Waals surface area contributed by atoms with Crippen molar-refractivity contribution in [2.45, 2.75) is 51.1 Å². The molecule has 3 atom stereocenters. The minimum absolute atomic E-state index is 0.153. The molecule has 1 aliphatic rings. The summed E-state index contributed by atoms with van der Waals surface area (Å²) < 4.78 is 28.0. The maximum Gasteiger partial charge on any atom is 0.238 e. The molecule has 1 unspecified atom stereocenters. The number of rotatable bonds is 11. The Morgan fingerprint density at radius 2 is 1.78 bits per heavy atom. The van der Waals surface area contributed by atoms with Gasteiger partial charge in [0.2, 0.25) is 15.9 Å². The Kier molecular flexibility index (Phi) is 9.71. The van der Waals surface area contributed by atoms with Crippen LogP contribution in [-0.4, -0.2) is 48.6 Å². The zero-order valence-corrected chi connectivity index (χ0v) is 25.1. The van der Waals surface area contributed by atoms with Crippen LogP contribution in [0.1, 0.15) is 34.4 Å². The first-order valence-corrected chi connectivity index (χ1v) is 15.5. The summed E-state index contributed by atoms with van der Waals surface area (Å²) in [7, 11) is -3.68. The van der Waals surface area contributed by atoms with Crippen LogP contribution in [0.5, 0.6) is 0 Å². The lowest BCUT2D eigenvalue weighted by Crippen LogP contribution is -2.40. The lowest BCUT2D eigenvalue weighted by molar-refractivity contribution is -0.123. The Morgan fingerprint density at radius 3 is 2.41 bits per heavy atom. The van der Waals surface area contributed by atoms with Crippen molar-refractivity contribution >= 4 is 50.7 Å². The molecule has 4 rings (SSSR count). The second-order valence-corrected chi connectivity index (χ2v) is 13.0. The first kappa shape index (κ1) is 30.9. The van der Waals surface area contributed by atoms with E-state index >= 15 is 0 Å². The number of nitrogens with one attached hydrogen (secondary N) is 1. The van der Waals surface area contributed by atoms with Crippen molar-refractivity contribution in [3.05, 3.63) is 92.6 Å². The SMILES string of the molecule is Cc1cc(NS(=O)(=O)Cc2ccccc2)nc(C)c1CN1CC(C(=O)[C@@H](N)Cc2ccc(Cl)c(Cl)c2)C[C@H]1C(N)=O. The van der Waals surface area contributed by atoms with Gasteiger partial charge in [-0.05, 0) is 67.1 Å². The summed E-state index contributed by atoms with van der Waals surface area (Å²) in [4.78, 5) is 32.0. The number of ketones is 1. The molecule has 1 aliphatic heterocycles. The van der Waals surface area contributed by atoms with Crippen molar-refractivity contribution < 1.29 is 18.0 Å². The Labute approximate surface area is 250 Å². The number of anilines is 1. The summed E-state index contributed by atoms with van der Waals surface area (Å²) in [5.41, 5.74) is 15.7. The van der Waals surface area contributed by atoms with Crippen molar-refractivity contribution in [3.8, 4) is 0 Å². The Hall–Kier alpha value is -3.02. The number of carbonyl (C=O) groups excluding carboxylic acids is 2. The Balaban J connectivity index is 1.45. The monoisotopic (exact) mass is 617 g/mol. The average molecular weight is 619 g/mol. The predicted molar refractivity (Wildman–Crippen MR) is 161 cm³/mol. The standard InChI is InChI=1S/C29H33Cl2N5O4S/c1-17-10-27(35-41(39,40)16-19-6-4-3-5-7-19)34-18(2)22(17)15-36-14-21(13-26(36)29(33)38)28(37)25(32)12-20-8-9-23(30)24(31)11-20/h3-11,21,25-26H,12-16,32H2,1-2H3,(H2,33,38)(H,34,35)/t21?,25-,26-/m0/s1. The van der Waals surface area contributed by atoms with Crippen LogP contribution in [0.15, 0.2) is 54.6 Å². The van der Waals surface area contributed by atoms with E-state index in [1.54, 1.807) is 55.5 Å². The fourth-order valence-electron chi connectivity index (χ4n) is 5.25. The lowest BCUT2D eigenvalue weighted by atomic mass is 9.92. The number of nitrogens with zero attached hydrogens (tertiary/aromatic N) is 2. The normalized spacial score (nSPS) is 18.3. The summed E-state index contributed by atoms with van der Waals surface area (Å²) in [6.07, 6.45) is 0.559. The molecule has 3 aromatic rings. The number of benzene rings is 2. The number of amides is 1. The number of Topliss-reactive ketones (excluding diaryl/α,β-unsaturated/α-hetero) is 1. The molecule has 2 heterocycles. The smallest absolute Gasteiger partial charge is 0.238 e. The largest absolute Gasteiger partial charge is 0.368 e. The van der Waals surface area contributed by atoms with E-state index in [-0.39, 0.29) is 30.2 Å². The first-order valence-electron chi connectivity index (χ1n) is 13.1. The minimum atomic E-state index is -3.68. The zero-order valence-electron chi connectivity index (χ0n) is 22.8. The highest BCUT2D eigenvalue weighted by molar-refractivity contribution is 7.91. The summed E-state index contributed by atoms with van der Waals surface area (Å²) in [5.74, 6) is -1.10. The van der Waals surface area contributed by atoms with Gasteiger partial charge in [0.15, 0.2) is 5.78 Å². The molecule has 218 valence electrons. The third-order valence-electron chi connectivity index (χ3n) is 7.31. The number of pyridine rings is 1. The highest BCUT2D eigenvalue weighted by atomic mass is 35.5. The number of hydrogen-bond acceptors (Lipinski definition) is 7. The Bertz CT molecular complexity index is 1530. The number of aryl methyl sites for hydroxylation is 2. The van der Waals surface area contributed by atoms with Crippen LogP contribution in [0, 0.1) is 19.8 Å². The van der Waals surface area contributed by atoms with E-state index < -0.39 is 33.9 Å². The summed E-state index contributed by atoms with van der Waals surface area (Å²) >= 11 is 12.1. The van der Waals surface area contributed by atoms with E-state index in [2.05, 4.69) is 9.71 Å². The van der Waals surface area contributed by atoms with Crippen LogP contribution in [0.25, 0.3) is 0 Å². The summed E-state index contributed by atoms with van der Waals surface area (Å²) in [5, 5.41) is 0.808. The Morgan fingerprint density at radius 1 is 1.07 bits per heavy atom. The molecule has 0 radical (unpaired) electrons. The van der Waals surface area contributed by atoms with Gasteiger partial charge in [-0.15, -0.1) is 0 Å². The van der Waals surface area contributed by atoms with E-state index in [0.29, 0.717) is 34.4 Å². The molecule has 9 nitrogen and oxygen atoms in total. The van der Waals surface area contributed by atoms with Crippen LogP contribution < -0.4 is 16.2 Å². The van der Waals surface area contributed by atoms with Crippen molar-refractivity contribution in [1.29, 1.82) is 0 Å². The molecule has 41 heavy (non-hydrogen) atoms. The van der Waals surface area contributed by atoms with Gasteiger partial charge >= 0.3 is 0 Å². The fourth-order valence-corrected chi connectivity index (χ4v) is 6.69. The van der Waals surface area contributed by atoms with Crippen molar-refractivity contribution in [2.24, 2.45) is 17.4 Å². The van der Waals surface area contributed by atoms with Gasteiger partial charge in [0.05, 0.1) is 27.9 Å². The number of hydrogen-bond donors (Lipinski definition) is 3. The number of halogens is 2. The van der Waals surface area contributed by atoms with Gasteiger partial charge in [0.25, 0.3) is 0 Å². The highest BCUT2D eigenvalue weighted by Gasteiger charge is 2.40. The highest BCUT2D eigenvalue weighted by Crippen LogP contribution is 2.30. The number of aromatic nitrogens is 1. The predicted octanol–water partition coefficient (Wildman–Crippen LogP) is 3.76. The summed E-state index contributed by atoms with van der Waals surface area (Å²) in [6.45, 7) is 4.26. The van der Waals surface area contributed by atoms with Crippen LogP contribution in [-0.2, 0) is 38.3 Å². The number of likely N-dealkylation sites (tertiary alicyclic amines) is 1. The van der Waals surface area contributed by atoms with Gasteiger partial charge in [-0.2, -0.15) is 0 Å². The number of primary amides is 1. The van der Waals surface area contributed by atoms with Crippen molar-refractivity contribution in [1.82, 2.24) is 9.88 Å². The van der Waals surface area contributed by atoms with Crippen molar-refractivity contribution in [2.75, 3.05) is 11.3 Å². The second-order valence-electron chi connectivity index (χ2n) is 10.5. The molecule has 1 aromatic heterocycles. The van der Waals surface area contributed by atoms with Gasteiger partial charge < -0.3 is 11.5 Å². The van der Waals surface area contributed by atoms with Crippen LogP contribution >= 0.6 is 23.2 Å². The molecule has 0 bridgehead atoms. The first-order chi connectivity index (χ1) is 19.3. The molecule has 1 fully saturated rings. The zero-order chi connectivity index (χ0) is 29.9. The molecule has 0 saturated carbocycles. The molecular weight excluding hydrogens is 585 g/mol. The lowest BCUT2D eigenvalue weighted by Gasteiger charge is -2.24. The number of carbonyl (C=O) groups is 2. The number of nitrogens with two attached hydrogens (primary N) is 2. The molecule has 5 N–H and O–H groups in total. The minimum Gasteiger partial charge on any atom is -0.368 e. The molecule has 0 spiro atoms. The van der Waals surface area contributed by atoms with Gasteiger partial charge in [-0.1, -0.05) is 59.6 Å². The fraction of sp³-hybridized carbons (Fsp3) is 0.345. The maximum atomic E-state index is 13.3. The van der Waals surface area contributed by atoms with Gasteiger partial charge in [0.1, 0.15) is 5.82 Å². The van der Waals surface area contributed by atoms with E-state index in [1.165, 1.54) is 0 Å². The van der Waals surface area contributed by atoms with E-state index in [0.717, 1.165) is 16.7 Å². The van der Waals surface area contributed by atoms with E-state index in [1.807, 2.05) is 17.9 Å². The topological polar surface area (TPSA) is 148 Å². The molecule has 1 saturated heterocycles. The van der Waals surface area contributed by atoms with E-state index in [4.69, 9.17) is 34.7 Å². The maximum absolute atomic E-state index is 13.3. The molecule has 1 amide bonds. The second kappa shape index (κ2) is 12.9. The van der Waals surface area contributed by atoms with Crippen LogP contribution in [0.3, 0.4) is 0 Å².